The van der Waals surface area contributed by atoms with Crippen LogP contribution < -0.4 is 10.5 Å². The molecular formula is C10H10ClF2NO2. The van der Waals surface area contributed by atoms with Crippen LogP contribution in [0.25, 0.3) is 0 Å². The fraction of sp³-hybridized carbons (Fsp3) is 0.300. The zero-order valence-corrected chi connectivity index (χ0v) is 9.17. The molecule has 0 saturated heterocycles. The number of ether oxygens (including phenoxy) is 1. The van der Waals surface area contributed by atoms with Crippen molar-refractivity contribution >= 4 is 23.1 Å². The van der Waals surface area contributed by atoms with E-state index in [1.165, 1.54) is 25.1 Å². The number of nitrogen functional groups attached to an aromatic ring is 1. The van der Waals surface area contributed by atoms with E-state index in [0.29, 0.717) is 5.56 Å². The number of rotatable bonds is 4. The Morgan fingerprint density at radius 3 is 2.56 bits per heavy atom. The van der Waals surface area contributed by atoms with Gasteiger partial charge in [-0.3, -0.25) is 4.79 Å². The molecule has 0 saturated carbocycles. The van der Waals surface area contributed by atoms with Crippen LogP contribution in [0.3, 0.4) is 0 Å². The van der Waals surface area contributed by atoms with E-state index in [4.69, 9.17) is 17.3 Å². The van der Waals surface area contributed by atoms with E-state index in [1.54, 1.807) is 0 Å². The minimum atomic E-state index is -2.94. The Balaban J connectivity index is 2.95. The molecule has 1 rings (SSSR count). The maximum Gasteiger partial charge on any atom is 0.387 e. The highest BCUT2D eigenvalue weighted by molar-refractivity contribution is 6.30. The lowest BCUT2D eigenvalue weighted by atomic mass is 10.1. The summed E-state index contributed by atoms with van der Waals surface area (Å²) >= 11 is 5.78. The normalized spacial score (nSPS) is 12.6. The van der Waals surface area contributed by atoms with E-state index >= 15 is 0 Å². The average molecular weight is 250 g/mol. The van der Waals surface area contributed by atoms with Crippen molar-refractivity contribution in [1.29, 1.82) is 0 Å². The number of hydrogen-bond donors (Lipinski definition) is 1. The molecule has 0 heterocycles. The molecule has 0 spiro atoms. The second-order valence-electron chi connectivity index (χ2n) is 3.15. The number of ketones is 1. The first-order valence-electron chi connectivity index (χ1n) is 4.40. The molecule has 1 unspecified atom stereocenters. The van der Waals surface area contributed by atoms with Crippen molar-refractivity contribution in [3.63, 3.8) is 0 Å². The molecular weight excluding hydrogens is 240 g/mol. The Labute approximate surface area is 96.1 Å². The summed E-state index contributed by atoms with van der Waals surface area (Å²) in [7, 11) is 0. The lowest BCUT2D eigenvalue weighted by Gasteiger charge is -2.11. The molecule has 1 aromatic carbocycles. The van der Waals surface area contributed by atoms with Gasteiger partial charge in [0.15, 0.2) is 5.78 Å². The third-order valence-electron chi connectivity index (χ3n) is 1.90. The Hall–Kier alpha value is -1.36. The highest BCUT2D eigenvalue weighted by atomic mass is 35.5. The first kappa shape index (κ1) is 12.7. The number of carbonyl (C=O) groups is 1. The van der Waals surface area contributed by atoms with Crippen LogP contribution in [-0.4, -0.2) is 12.4 Å². The van der Waals surface area contributed by atoms with Crippen LogP contribution in [0.2, 0.25) is 0 Å². The third-order valence-corrected chi connectivity index (χ3v) is 2.46. The fourth-order valence-corrected chi connectivity index (χ4v) is 1.30. The summed E-state index contributed by atoms with van der Waals surface area (Å²) in [5.74, 6) is -0.380. The molecule has 0 aliphatic rings. The van der Waals surface area contributed by atoms with E-state index in [0.717, 1.165) is 0 Å². The summed E-state index contributed by atoms with van der Waals surface area (Å²) in [6.45, 7) is -1.61. The highest BCUT2D eigenvalue weighted by Crippen LogP contribution is 2.29. The minimum Gasteiger partial charge on any atom is -0.433 e. The van der Waals surface area contributed by atoms with Crippen LogP contribution in [0.15, 0.2) is 18.2 Å². The average Bonchev–Trinajstić information content (AvgIpc) is 2.19. The maximum atomic E-state index is 11.9. The van der Waals surface area contributed by atoms with Gasteiger partial charge in [0.25, 0.3) is 0 Å². The summed E-state index contributed by atoms with van der Waals surface area (Å²) in [5.41, 5.74) is 5.95. The van der Waals surface area contributed by atoms with Gasteiger partial charge in [-0.2, -0.15) is 8.78 Å². The lowest BCUT2D eigenvalue weighted by Crippen LogP contribution is -2.06. The van der Waals surface area contributed by atoms with Crippen molar-refractivity contribution in [3.05, 3.63) is 23.8 Å². The van der Waals surface area contributed by atoms with E-state index in [9.17, 15) is 13.6 Å². The molecule has 0 aliphatic carbocycles. The van der Waals surface area contributed by atoms with Gasteiger partial charge in [-0.1, -0.05) is 6.07 Å². The quantitative estimate of drug-likeness (QED) is 0.659. The topological polar surface area (TPSA) is 52.3 Å². The van der Waals surface area contributed by atoms with Gasteiger partial charge in [-0.05, 0) is 24.6 Å². The number of anilines is 1. The molecule has 1 aromatic rings. The molecule has 0 aromatic heterocycles. The largest absolute Gasteiger partial charge is 0.433 e. The lowest BCUT2D eigenvalue weighted by molar-refractivity contribution is -0.116. The van der Waals surface area contributed by atoms with E-state index in [-0.39, 0.29) is 17.2 Å². The summed E-state index contributed by atoms with van der Waals surface area (Å²) in [6.07, 6.45) is 0. The van der Waals surface area contributed by atoms with Gasteiger partial charge in [-0.25, -0.2) is 0 Å². The second kappa shape index (κ2) is 5.12. The Kier molecular flexibility index (Phi) is 4.06. The minimum absolute atomic E-state index is 0.0182. The summed E-state index contributed by atoms with van der Waals surface area (Å²) in [4.78, 5) is 11.0. The van der Waals surface area contributed by atoms with Crippen LogP contribution in [0.5, 0.6) is 5.75 Å². The Morgan fingerprint density at radius 1 is 1.50 bits per heavy atom. The molecule has 3 nitrogen and oxygen atoms in total. The van der Waals surface area contributed by atoms with Crippen LogP contribution in [0.4, 0.5) is 14.5 Å². The van der Waals surface area contributed by atoms with Crippen molar-refractivity contribution in [2.24, 2.45) is 0 Å². The van der Waals surface area contributed by atoms with Gasteiger partial charge in [0.2, 0.25) is 0 Å². The molecule has 2 N–H and O–H groups in total. The SMILES string of the molecule is CC(=O)C(Cl)c1ccc(OC(F)F)c(N)c1. The van der Waals surface area contributed by atoms with Gasteiger partial charge in [-0.15, -0.1) is 11.6 Å². The van der Waals surface area contributed by atoms with Crippen molar-refractivity contribution in [3.8, 4) is 5.75 Å². The van der Waals surface area contributed by atoms with E-state index in [2.05, 4.69) is 4.74 Å². The van der Waals surface area contributed by atoms with Crippen LogP contribution in [0, 0.1) is 0 Å². The maximum absolute atomic E-state index is 11.9. The number of alkyl halides is 3. The number of Topliss-reactive ketones (excluding diaryl/α,β-unsaturated/α-hetero) is 1. The highest BCUT2D eigenvalue weighted by Gasteiger charge is 2.15. The Morgan fingerprint density at radius 2 is 2.12 bits per heavy atom. The first-order chi connectivity index (χ1) is 7.41. The predicted octanol–water partition coefficient (Wildman–Crippen LogP) is 2.74. The van der Waals surface area contributed by atoms with E-state index in [1.807, 2.05) is 0 Å². The first-order valence-corrected chi connectivity index (χ1v) is 4.84. The van der Waals surface area contributed by atoms with Crippen LogP contribution in [0.1, 0.15) is 17.9 Å². The second-order valence-corrected chi connectivity index (χ2v) is 3.59. The number of hydrogen-bond acceptors (Lipinski definition) is 3. The molecule has 88 valence electrons. The van der Waals surface area contributed by atoms with Gasteiger partial charge >= 0.3 is 6.61 Å². The molecule has 0 fully saturated rings. The van der Waals surface area contributed by atoms with Gasteiger partial charge in [0.05, 0.1) is 5.69 Å². The molecule has 0 aliphatic heterocycles. The summed E-state index contributed by atoms with van der Waals surface area (Å²) < 4.78 is 28.0. The molecule has 6 heteroatoms. The predicted molar refractivity (Wildman–Crippen MR) is 56.8 cm³/mol. The molecule has 1 atom stereocenters. The van der Waals surface area contributed by atoms with Crippen molar-refractivity contribution in [2.45, 2.75) is 18.9 Å². The fourth-order valence-electron chi connectivity index (χ4n) is 1.16. The molecule has 16 heavy (non-hydrogen) atoms. The zero-order valence-electron chi connectivity index (χ0n) is 8.41. The number of benzene rings is 1. The smallest absolute Gasteiger partial charge is 0.387 e. The van der Waals surface area contributed by atoms with E-state index < -0.39 is 12.0 Å². The monoisotopic (exact) mass is 249 g/mol. The molecule has 0 amide bonds. The zero-order chi connectivity index (χ0) is 12.3. The van der Waals surface area contributed by atoms with Gasteiger partial charge < -0.3 is 10.5 Å². The van der Waals surface area contributed by atoms with Crippen molar-refractivity contribution in [2.75, 3.05) is 5.73 Å². The number of nitrogens with two attached hydrogens (primary N) is 1. The number of halogens is 3. The van der Waals surface area contributed by atoms with Crippen molar-refractivity contribution in [1.82, 2.24) is 0 Å². The van der Waals surface area contributed by atoms with Gasteiger partial charge in [0.1, 0.15) is 11.1 Å². The molecule has 0 bridgehead atoms. The standard InChI is InChI=1S/C10H10ClF2NO2/c1-5(15)9(11)6-2-3-8(7(14)4-6)16-10(12)13/h2-4,9-10H,14H2,1H3. The van der Waals surface area contributed by atoms with Gasteiger partial charge in [0, 0.05) is 0 Å². The van der Waals surface area contributed by atoms with Crippen molar-refractivity contribution < 1.29 is 18.3 Å². The van der Waals surface area contributed by atoms with Crippen LogP contribution >= 0.6 is 11.6 Å². The summed E-state index contributed by atoms with van der Waals surface area (Å²) in [5, 5.41) is -0.831. The van der Waals surface area contributed by atoms with Crippen LogP contribution in [-0.2, 0) is 4.79 Å². The third kappa shape index (κ3) is 3.06. The molecule has 0 radical (unpaired) electrons. The summed E-state index contributed by atoms with van der Waals surface area (Å²) in [6, 6.07) is 4.03. The Bertz CT molecular complexity index is 398. The number of carbonyl (C=O) groups excluding carboxylic acids is 1.